The number of nitrogens with one attached hydrogen (secondary N) is 10. The van der Waals surface area contributed by atoms with Crippen LogP contribution in [-0.4, -0.2) is 179 Å². The minimum Gasteiger partial charge on any atom is -0.481 e. The zero-order valence-electron chi connectivity index (χ0n) is 53.7. The highest BCUT2D eigenvalue weighted by atomic mass is 32.1. The number of hydrogen-bond acceptors (Lipinski definition) is 18. The first kappa shape index (κ1) is 80.6. The molecule has 93 heavy (non-hydrogen) atoms. The third-order valence-corrected chi connectivity index (χ3v) is 15.3. The molecule has 0 unspecified atom stereocenters. The van der Waals surface area contributed by atoms with E-state index < -0.39 is 181 Å². The lowest BCUT2D eigenvalue weighted by Crippen LogP contribution is -2.61. The predicted molar refractivity (Wildman–Crippen MR) is 346 cm³/mol. The molecule has 2 aromatic rings. The number of rotatable bonds is 45. The molecule has 0 radical (unpaired) electrons. The van der Waals surface area contributed by atoms with E-state index in [2.05, 4.69) is 65.8 Å². The summed E-state index contributed by atoms with van der Waals surface area (Å²) in [7, 11) is 0. The lowest BCUT2D eigenvalue weighted by molar-refractivity contribution is -0.141. The summed E-state index contributed by atoms with van der Waals surface area (Å²) < 4.78 is 0. The first-order valence-corrected chi connectivity index (χ1v) is 31.7. The molecule has 0 aliphatic rings. The number of primary amides is 2. The number of nitrogens with two attached hydrogens (primary N) is 5. The highest BCUT2D eigenvalue weighted by molar-refractivity contribution is 7.80. The van der Waals surface area contributed by atoms with Crippen molar-refractivity contribution in [3.63, 3.8) is 0 Å². The fraction of sp³-hybridized carbons (Fsp3) is 0.607. The van der Waals surface area contributed by atoms with Crippen LogP contribution in [0.2, 0.25) is 0 Å². The zero-order chi connectivity index (χ0) is 70.1. The van der Waals surface area contributed by atoms with E-state index in [1.165, 1.54) is 0 Å². The van der Waals surface area contributed by atoms with Crippen molar-refractivity contribution in [1.82, 2.24) is 53.2 Å². The van der Waals surface area contributed by atoms with Gasteiger partial charge in [0.25, 0.3) is 0 Å². The molecule has 0 spiro atoms. The number of unbranched alkanes of at least 4 members (excludes halogenated alkanes) is 2. The summed E-state index contributed by atoms with van der Waals surface area (Å²) >= 11 is 4.15. The zero-order valence-corrected chi connectivity index (χ0v) is 54.6. The van der Waals surface area contributed by atoms with Crippen molar-refractivity contribution in [2.24, 2.45) is 46.4 Å². The van der Waals surface area contributed by atoms with Crippen LogP contribution in [0.5, 0.6) is 0 Å². The number of carbonyl (C=O) groups is 14. The van der Waals surface area contributed by atoms with Crippen molar-refractivity contribution in [3.05, 3.63) is 48.0 Å². The van der Waals surface area contributed by atoms with Crippen LogP contribution in [0.4, 0.5) is 0 Å². The van der Waals surface area contributed by atoms with Gasteiger partial charge in [-0.3, -0.25) is 67.1 Å². The quantitative estimate of drug-likeness (QED) is 0.0235. The van der Waals surface area contributed by atoms with Crippen LogP contribution < -0.4 is 81.8 Å². The van der Waals surface area contributed by atoms with Gasteiger partial charge in [-0.15, -0.1) is 0 Å². The Morgan fingerprint density at radius 1 is 0.484 bits per heavy atom. The van der Waals surface area contributed by atoms with Crippen molar-refractivity contribution in [2.75, 3.05) is 25.4 Å². The summed E-state index contributed by atoms with van der Waals surface area (Å²) in [6.45, 7) is 10.1. The standard InChI is InChI=1S/C61H97N15O16S/c1-7-34(6)51(65)61(92)71-39(17-11-13-23-63)54(85)70-40(20-21-49(79)80)56(87)74-44(28-47(64)77)59(90)73-43(25-33(4)5)58(89)69-38(16-10-12-22-62)55(86)75-45(29-50(81)82)60(91)76-46(31-93)53(84)67-30-48(78)68-42(24-32(2)3)57(88)72-41(52(66)83)27-35-18-19-36-14-8-9-15-37(36)26-35/h8-9,14-15,18-19,26,32-34,38-46,51,93H,7,10-13,16-17,20-25,27-31,62-63,65H2,1-6H3,(H2,64,77)(H2,66,83)(H,67,84)(H,68,78)(H,69,89)(H,70,85)(H,71,92)(H,72,88)(H,73,90)(H,74,87)(H,75,86)(H,76,91)(H,79,80)(H,81,82)/t34-,38-,39-,40-,41-,42-,43-,44-,45-,46-,51-/m0/s1. The first-order valence-electron chi connectivity index (χ1n) is 31.1. The monoisotopic (exact) mass is 1330 g/mol. The Morgan fingerprint density at radius 3 is 1.38 bits per heavy atom. The van der Waals surface area contributed by atoms with Crippen LogP contribution >= 0.6 is 12.6 Å². The molecule has 0 fully saturated rings. The molecule has 0 bridgehead atoms. The maximum atomic E-state index is 14.3. The maximum Gasteiger partial charge on any atom is 0.305 e. The van der Waals surface area contributed by atoms with Crippen LogP contribution in [-0.2, 0) is 73.5 Å². The molecule has 0 saturated carbocycles. The van der Waals surface area contributed by atoms with E-state index in [1.54, 1.807) is 40.7 Å². The normalized spacial score (nSPS) is 14.8. The summed E-state index contributed by atoms with van der Waals surface area (Å²) in [6.07, 6.45) is -1.42. The molecular formula is C61H97N15O16S. The van der Waals surface area contributed by atoms with Crippen molar-refractivity contribution in [1.29, 1.82) is 0 Å². The minimum absolute atomic E-state index is 0.0436. The minimum atomic E-state index is -1.91. The summed E-state index contributed by atoms with van der Waals surface area (Å²) in [5.74, 6) is -15.9. The van der Waals surface area contributed by atoms with Gasteiger partial charge in [0.05, 0.1) is 25.4 Å². The average Bonchev–Trinajstić information content (AvgIpc) is 1.03. The van der Waals surface area contributed by atoms with Gasteiger partial charge in [0.2, 0.25) is 70.9 Å². The predicted octanol–water partition coefficient (Wildman–Crippen LogP) is -2.78. The molecule has 0 aromatic heterocycles. The van der Waals surface area contributed by atoms with Gasteiger partial charge >= 0.3 is 11.9 Å². The summed E-state index contributed by atoms with van der Waals surface area (Å²) in [5.41, 5.74) is 29.4. The number of benzene rings is 2. The number of carboxylic acids is 2. The maximum absolute atomic E-state index is 14.3. The van der Waals surface area contributed by atoms with Crippen LogP contribution in [0.3, 0.4) is 0 Å². The Kier molecular flexibility index (Phi) is 36.3. The SMILES string of the molecule is CC[C@H](C)[C@H](N)C(=O)N[C@@H](CCCCN)C(=O)N[C@@H](CCC(=O)O)C(=O)N[C@@H](CC(N)=O)C(=O)N[C@@H](CC(C)C)C(=O)N[C@@H](CCCCN)C(=O)N[C@@H](CC(=O)O)C(=O)N[C@@H](CS)C(=O)NCC(=O)N[C@@H](CC(C)C)C(=O)N[C@@H](Cc1ccc2ccccc2c1)C(N)=O. The number of fused-ring (bicyclic) bond motifs is 1. The number of carboxylic acid groups (broad SMARTS) is 2. The average molecular weight is 1330 g/mol. The van der Waals surface area contributed by atoms with Crippen LogP contribution in [0, 0.1) is 17.8 Å². The molecule has 2 rings (SSSR count). The molecule has 518 valence electrons. The van der Waals surface area contributed by atoms with Crippen molar-refractivity contribution >= 4 is 106 Å². The molecule has 11 atom stereocenters. The smallest absolute Gasteiger partial charge is 0.305 e. The third-order valence-electron chi connectivity index (χ3n) is 14.9. The second-order valence-electron chi connectivity index (χ2n) is 23.7. The molecule has 22 N–H and O–H groups in total. The summed E-state index contributed by atoms with van der Waals surface area (Å²) in [4.78, 5) is 186. The first-order chi connectivity index (χ1) is 43.8. The Balaban J connectivity index is 2.32. The summed E-state index contributed by atoms with van der Waals surface area (Å²) in [5, 5.41) is 45.7. The molecule has 0 saturated heterocycles. The lowest BCUT2D eigenvalue weighted by Gasteiger charge is -2.28. The Morgan fingerprint density at radius 2 is 0.914 bits per heavy atom. The molecule has 2 aromatic carbocycles. The third kappa shape index (κ3) is 30.2. The van der Waals surface area contributed by atoms with Crippen molar-refractivity contribution in [3.8, 4) is 0 Å². The molecule has 32 heteroatoms. The topological polar surface area (TPSA) is 530 Å². The summed E-state index contributed by atoms with van der Waals surface area (Å²) in [6, 6.07) is -1.64. The number of thiol groups is 1. The van der Waals surface area contributed by atoms with E-state index in [1.807, 2.05) is 43.3 Å². The molecule has 0 heterocycles. The van der Waals surface area contributed by atoms with Gasteiger partial charge in [0.15, 0.2) is 0 Å². The van der Waals surface area contributed by atoms with E-state index in [9.17, 15) is 77.3 Å². The molecule has 0 aliphatic carbocycles. The highest BCUT2D eigenvalue weighted by Gasteiger charge is 2.37. The molecule has 31 nitrogen and oxygen atoms in total. The van der Waals surface area contributed by atoms with Gasteiger partial charge in [-0.25, -0.2) is 0 Å². The second-order valence-corrected chi connectivity index (χ2v) is 24.1. The van der Waals surface area contributed by atoms with E-state index in [4.69, 9.17) is 28.7 Å². The van der Waals surface area contributed by atoms with E-state index in [0.29, 0.717) is 31.2 Å². The Bertz CT molecular complexity index is 2900. The molecular weight excluding hydrogens is 1230 g/mol. The molecule has 12 amide bonds. The fourth-order valence-corrected chi connectivity index (χ4v) is 9.76. The van der Waals surface area contributed by atoms with Crippen LogP contribution in [0.15, 0.2) is 42.5 Å². The van der Waals surface area contributed by atoms with E-state index >= 15 is 0 Å². The van der Waals surface area contributed by atoms with Gasteiger partial charge in [0.1, 0.15) is 54.4 Å². The second kappa shape index (κ2) is 41.9. The van der Waals surface area contributed by atoms with Gasteiger partial charge in [-0.2, -0.15) is 12.6 Å². The number of carbonyl (C=O) groups excluding carboxylic acids is 12. The lowest BCUT2D eigenvalue weighted by atomic mass is 9.98. The van der Waals surface area contributed by atoms with E-state index in [0.717, 1.165) is 10.8 Å². The number of aliphatic carboxylic acids is 2. The van der Waals surface area contributed by atoms with Gasteiger partial charge < -0.3 is 92.0 Å². The number of amides is 12. The van der Waals surface area contributed by atoms with Crippen molar-refractivity contribution in [2.45, 2.75) is 192 Å². The van der Waals surface area contributed by atoms with Gasteiger partial charge in [-0.05, 0) is 105 Å². The van der Waals surface area contributed by atoms with Crippen LogP contribution in [0.25, 0.3) is 10.8 Å². The van der Waals surface area contributed by atoms with Crippen LogP contribution in [0.1, 0.15) is 131 Å². The van der Waals surface area contributed by atoms with Gasteiger partial charge in [-0.1, -0.05) is 90.4 Å². The van der Waals surface area contributed by atoms with Gasteiger partial charge in [0, 0.05) is 18.6 Å². The van der Waals surface area contributed by atoms with E-state index in [-0.39, 0.29) is 69.4 Å². The fourth-order valence-electron chi connectivity index (χ4n) is 9.50. The number of hydrogen-bond donors (Lipinski definition) is 18. The largest absolute Gasteiger partial charge is 0.481 e. The Hall–Kier alpha value is -8.49. The highest BCUT2D eigenvalue weighted by Crippen LogP contribution is 2.18. The Labute approximate surface area is 546 Å². The molecule has 0 aliphatic heterocycles. The van der Waals surface area contributed by atoms with Crippen molar-refractivity contribution < 1.29 is 77.3 Å².